The molecule has 0 aromatic heterocycles. The van der Waals surface area contributed by atoms with Gasteiger partial charge in [0, 0.05) is 0 Å². The maximum Gasteiger partial charge on any atom is 0.208 e. The van der Waals surface area contributed by atoms with Crippen LogP contribution in [0.1, 0.15) is 32.1 Å². The Morgan fingerprint density at radius 2 is 2.08 bits per heavy atom. The Morgan fingerprint density at radius 1 is 1.23 bits per heavy atom. The highest BCUT2D eigenvalue weighted by Crippen LogP contribution is 2.35. The van der Waals surface area contributed by atoms with Crippen molar-refractivity contribution in [3.8, 4) is 0 Å². The summed E-state index contributed by atoms with van der Waals surface area (Å²) in [6.45, 7) is 1.06. The molecule has 0 radical (unpaired) electrons. The molecule has 1 aliphatic heterocycles. The molecule has 2 rings (SSSR count). The molecule has 1 saturated heterocycles. The van der Waals surface area contributed by atoms with Gasteiger partial charge in [-0.3, -0.25) is 10.1 Å². The summed E-state index contributed by atoms with van der Waals surface area (Å²) in [5.74, 6) is 1.54. The van der Waals surface area contributed by atoms with Crippen molar-refractivity contribution in [3.05, 3.63) is 0 Å². The van der Waals surface area contributed by atoms with E-state index in [0.29, 0.717) is 5.92 Å². The van der Waals surface area contributed by atoms with Crippen LogP contribution in [0.2, 0.25) is 0 Å². The van der Waals surface area contributed by atoms with E-state index in [2.05, 4.69) is 10.6 Å². The van der Waals surface area contributed by atoms with E-state index >= 15 is 0 Å². The lowest BCUT2D eigenvalue weighted by atomic mass is 9.74. The summed E-state index contributed by atoms with van der Waals surface area (Å²) in [5.41, 5.74) is 0. The Kier molecular flexibility index (Phi) is 2.83. The molecule has 3 heteroatoms. The number of amides is 1. The first-order chi connectivity index (χ1) is 6.42. The van der Waals surface area contributed by atoms with Gasteiger partial charge in [0.25, 0.3) is 0 Å². The SMILES string of the molecule is O=CNC1NCCC2CCCCC21. The normalized spacial score (nSPS) is 39.2. The fourth-order valence-corrected chi connectivity index (χ4v) is 2.87. The molecule has 1 aliphatic carbocycles. The quantitative estimate of drug-likeness (QED) is 0.622. The van der Waals surface area contributed by atoms with Crippen molar-refractivity contribution in [1.82, 2.24) is 10.6 Å². The van der Waals surface area contributed by atoms with Gasteiger partial charge < -0.3 is 5.32 Å². The maximum absolute atomic E-state index is 10.4. The molecule has 74 valence electrons. The number of piperidine rings is 1. The molecule has 0 bridgehead atoms. The molecule has 3 atom stereocenters. The van der Waals surface area contributed by atoms with Crippen LogP contribution >= 0.6 is 0 Å². The number of carbonyl (C=O) groups excluding carboxylic acids is 1. The second-order valence-electron chi connectivity index (χ2n) is 4.21. The number of fused-ring (bicyclic) bond motifs is 1. The standard InChI is InChI=1S/C10H18N2O/c13-7-12-10-9-4-2-1-3-8(9)5-6-11-10/h7-11H,1-6H2,(H,12,13). The number of hydrogen-bond donors (Lipinski definition) is 2. The van der Waals surface area contributed by atoms with Crippen molar-refractivity contribution in [1.29, 1.82) is 0 Å². The van der Waals surface area contributed by atoms with E-state index in [1.165, 1.54) is 32.1 Å². The lowest BCUT2D eigenvalue weighted by Crippen LogP contribution is -2.54. The van der Waals surface area contributed by atoms with Crippen molar-refractivity contribution in [2.24, 2.45) is 11.8 Å². The Bertz CT molecular complexity index is 182. The number of hydrogen-bond acceptors (Lipinski definition) is 2. The third-order valence-electron chi connectivity index (χ3n) is 3.52. The number of carbonyl (C=O) groups is 1. The summed E-state index contributed by atoms with van der Waals surface area (Å²) in [6.07, 6.45) is 7.73. The van der Waals surface area contributed by atoms with Crippen molar-refractivity contribution in [2.45, 2.75) is 38.3 Å². The molecule has 2 fully saturated rings. The van der Waals surface area contributed by atoms with E-state index in [4.69, 9.17) is 0 Å². The highest BCUT2D eigenvalue weighted by molar-refractivity contribution is 5.46. The van der Waals surface area contributed by atoms with E-state index in [-0.39, 0.29) is 6.17 Å². The monoisotopic (exact) mass is 182 g/mol. The zero-order valence-corrected chi connectivity index (χ0v) is 7.96. The summed E-state index contributed by atoms with van der Waals surface area (Å²) >= 11 is 0. The minimum Gasteiger partial charge on any atom is -0.343 e. The summed E-state index contributed by atoms with van der Waals surface area (Å²) in [6, 6.07) is 0. The summed E-state index contributed by atoms with van der Waals surface area (Å²) in [5, 5.41) is 6.27. The molecule has 1 heterocycles. The van der Waals surface area contributed by atoms with Gasteiger partial charge in [-0.25, -0.2) is 0 Å². The van der Waals surface area contributed by atoms with Crippen molar-refractivity contribution < 1.29 is 4.79 Å². The molecule has 2 N–H and O–H groups in total. The van der Waals surface area contributed by atoms with Gasteiger partial charge in [-0.15, -0.1) is 0 Å². The van der Waals surface area contributed by atoms with Gasteiger partial charge in [-0.2, -0.15) is 0 Å². The van der Waals surface area contributed by atoms with Crippen LogP contribution in [0, 0.1) is 11.8 Å². The van der Waals surface area contributed by atoms with Gasteiger partial charge >= 0.3 is 0 Å². The minimum absolute atomic E-state index is 0.247. The van der Waals surface area contributed by atoms with Crippen LogP contribution < -0.4 is 10.6 Å². The van der Waals surface area contributed by atoms with Crippen LogP contribution in [0.3, 0.4) is 0 Å². The van der Waals surface area contributed by atoms with Crippen LogP contribution in [0.4, 0.5) is 0 Å². The first kappa shape index (κ1) is 9.00. The van der Waals surface area contributed by atoms with Gasteiger partial charge in [0.15, 0.2) is 0 Å². The van der Waals surface area contributed by atoms with Crippen LogP contribution in [0.15, 0.2) is 0 Å². The molecular weight excluding hydrogens is 164 g/mol. The third-order valence-corrected chi connectivity index (χ3v) is 3.52. The lowest BCUT2D eigenvalue weighted by Gasteiger charge is -2.41. The van der Waals surface area contributed by atoms with E-state index in [0.717, 1.165) is 18.9 Å². The molecule has 2 aliphatic rings. The topological polar surface area (TPSA) is 41.1 Å². The Hall–Kier alpha value is -0.570. The molecule has 0 aromatic carbocycles. The zero-order valence-electron chi connectivity index (χ0n) is 7.96. The van der Waals surface area contributed by atoms with Crippen molar-refractivity contribution >= 4 is 6.41 Å². The molecule has 0 spiro atoms. The van der Waals surface area contributed by atoms with E-state index in [1.54, 1.807) is 0 Å². The molecule has 0 aromatic rings. The van der Waals surface area contributed by atoms with Gasteiger partial charge in [0.2, 0.25) is 6.41 Å². The van der Waals surface area contributed by atoms with Gasteiger partial charge in [-0.1, -0.05) is 19.3 Å². The van der Waals surface area contributed by atoms with Crippen LogP contribution in [0.5, 0.6) is 0 Å². The maximum atomic E-state index is 10.4. The van der Waals surface area contributed by atoms with E-state index in [9.17, 15) is 4.79 Å². The first-order valence-electron chi connectivity index (χ1n) is 5.35. The predicted octanol–water partition coefficient (Wildman–Crippen LogP) is 0.858. The van der Waals surface area contributed by atoms with Gasteiger partial charge in [0.05, 0.1) is 6.17 Å². The molecule has 3 unspecified atom stereocenters. The fourth-order valence-electron chi connectivity index (χ4n) is 2.87. The van der Waals surface area contributed by atoms with Gasteiger partial charge in [-0.05, 0) is 31.2 Å². The van der Waals surface area contributed by atoms with Crippen molar-refractivity contribution in [2.75, 3.05) is 6.54 Å². The fraction of sp³-hybridized carbons (Fsp3) is 0.900. The highest BCUT2D eigenvalue weighted by atomic mass is 16.1. The van der Waals surface area contributed by atoms with Crippen LogP contribution in [-0.2, 0) is 4.79 Å². The lowest BCUT2D eigenvalue weighted by molar-refractivity contribution is -0.111. The second kappa shape index (κ2) is 4.09. The van der Waals surface area contributed by atoms with Crippen molar-refractivity contribution in [3.63, 3.8) is 0 Å². The number of rotatable bonds is 2. The average molecular weight is 182 g/mol. The Labute approximate surface area is 79.3 Å². The molecular formula is C10H18N2O. The van der Waals surface area contributed by atoms with E-state index in [1.807, 2.05) is 0 Å². The molecule has 3 nitrogen and oxygen atoms in total. The third kappa shape index (κ3) is 1.85. The van der Waals surface area contributed by atoms with Crippen LogP contribution in [-0.4, -0.2) is 19.1 Å². The Morgan fingerprint density at radius 3 is 2.92 bits per heavy atom. The minimum atomic E-state index is 0.247. The number of nitrogens with one attached hydrogen (secondary N) is 2. The highest BCUT2D eigenvalue weighted by Gasteiger charge is 2.34. The second-order valence-corrected chi connectivity index (χ2v) is 4.21. The predicted molar refractivity (Wildman–Crippen MR) is 51.1 cm³/mol. The largest absolute Gasteiger partial charge is 0.343 e. The first-order valence-corrected chi connectivity index (χ1v) is 5.35. The van der Waals surface area contributed by atoms with E-state index < -0.39 is 0 Å². The molecule has 1 amide bonds. The van der Waals surface area contributed by atoms with Gasteiger partial charge in [0.1, 0.15) is 0 Å². The molecule has 1 saturated carbocycles. The Balaban J connectivity index is 1.98. The summed E-state index contributed by atoms with van der Waals surface area (Å²) in [4.78, 5) is 10.4. The smallest absolute Gasteiger partial charge is 0.208 e. The zero-order chi connectivity index (χ0) is 9.10. The molecule has 13 heavy (non-hydrogen) atoms. The van der Waals surface area contributed by atoms with Crippen LogP contribution in [0.25, 0.3) is 0 Å². The average Bonchev–Trinajstić information content (AvgIpc) is 2.19. The summed E-state index contributed by atoms with van der Waals surface area (Å²) < 4.78 is 0. The summed E-state index contributed by atoms with van der Waals surface area (Å²) in [7, 11) is 0.